The first kappa shape index (κ1) is 9.83. The highest BCUT2D eigenvalue weighted by molar-refractivity contribution is 6.04. The van der Waals surface area contributed by atoms with Crippen LogP contribution in [0.25, 0.3) is 0 Å². The first-order valence-corrected chi connectivity index (χ1v) is 5.24. The number of carbonyl (C=O) groups excluding carboxylic acids is 1. The number of piperidine rings is 1. The van der Waals surface area contributed by atoms with Gasteiger partial charge >= 0.3 is 6.09 Å². The van der Waals surface area contributed by atoms with E-state index >= 15 is 0 Å². The van der Waals surface area contributed by atoms with E-state index < -0.39 is 0 Å². The first-order chi connectivity index (χ1) is 6.61. The molecule has 0 aromatic heterocycles. The monoisotopic (exact) mass is 196 g/mol. The van der Waals surface area contributed by atoms with Crippen LogP contribution in [0.5, 0.6) is 0 Å². The van der Waals surface area contributed by atoms with E-state index in [2.05, 4.69) is 12.8 Å². The molecule has 2 heterocycles. The third kappa shape index (κ3) is 1.73. The number of hydrogen-bond acceptors (Lipinski definition) is 3. The highest BCUT2D eigenvalue weighted by Gasteiger charge is 2.41. The summed E-state index contributed by atoms with van der Waals surface area (Å²) < 4.78 is 5.54. The maximum atomic E-state index is 11.4. The maximum absolute atomic E-state index is 11.4. The van der Waals surface area contributed by atoms with E-state index in [9.17, 15) is 4.79 Å². The Balaban J connectivity index is 2.00. The summed E-state index contributed by atoms with van der Waals surface area (Å²) in [5.74, 6) is 0. The van der Waals surface area contributed by atoms with Gasteiger partial charge in [-0.15, -0.1) is 0 Å². The zero-order valence-electron chi connectivity index (χ0n) is 8.95. The minimum atomic E-state index is -0.152. The number of amides is 1. The molecule has 2 aliphatic heterocycles. The summed E-state index contributed by atoms with van der Waals surface area (Å²) in [6.07, 6.45) is 2.82. The quantitative estimate of drug-likeness (QED) is 0.505. The minimum Gasteiger partial charge on any atom is -0.443 e. The van der Waals surface area contributed by atoms with Crippen molar-refractivity contribution in [3.8, 4) is 0 Å². The Hall–Kier alpha value is -0.705. The molecular formula is C9H17BN2O2. The lowest BCUT2D eigenvalue weighted by Gasteiger charge is -2.44. The van der Waals surface area contributed by atoms with Crippen molar-refractivity contribution in [2.75, 3.05) is 26.7 Å². The van der Waals surface area contributed by atoms with Crippen molar-refractivity contribution in [2.24, 2.45) is 0 Å². The topological polar surface area (TPSA) is 32.8 Å². The largest absolute Gasteiger partial charge is 0.443 e. The van der Waals surface area contributed by atoms with E-state index in [0.29, 0.717) is 0 Å². The predicted octanol–water partition coefficient (Wildman–Crippen LogP) is -0.159. The first-order valence-electron chi connectivity index (χ1n) is 5.24. The lowest BCUT2D eigenvalue weighted by molar-refractivity contribution is -0.0684. The fourth-order valence-electron chi connectivity index (χ4n) is 2.16. The van der Waals surface area contributed by atoms with Crippen LogP contribution in [0.1, 0.15) is 19.3 Å². The highest BCUT2D eigenvalue weighted by Crippen LogP contribution is 2.32. The van der Waals surface area contributed by atoms with E-state index in [1.807, 2.05) is 0 Å². The Morgan fingerprint density at radius 1 is 1.29 bits per heavy atom. The molecule has 78 valence electrons. The molecule has 0 bridgehead atoms. The number of carbonyl (C=O) groups is 1. The molecule has 0 atom stereocenters. The second-order valence-electron chi connectivity index (χ2n) is 4.53. The summed E-state index contributed by atoms with van der Waals surface area (Å²) >= 11 is 0. The van der Waals surface area contributed by atoms with Crippen molar-refractivity contribution in [2.45, 2.75) is 24.9 Å². The smallest absolute Gasteiger partial charge is 0.410 e. The van der Waals surface area contributed by atoms with Crippen LogP contribution >= 0.6 is 0 Å². The van der Waals surface area contributed by atoms with Crippen LogP contribution in [0.4, 0.5) is 4.79 Å². The van der Waals surface area contributed by atoms with Gasteiger partial charge in [-0.25, -0.2) is 4.79 Å². The SMILES string of the molecule is BN1CCC2(CC1)CCN(C)C(=O)O2. The summed E-state index contributed by atoms with van der Waals surface area (Å²) in [4.78, 5) is 15.4. The minimum absolute atomic E-state index is 0.143. The van der Waals surface area contributed by atoms with Crippen LogP contribution in [-0.2, 0) is 4.74 Å². The summed E-state index contributed by atoms with van der Waals surface area (Å²) in [5, 5.41) is 0. The van der Waals surface area contributed by atoms with Crippen molar-refractivity contribution < 1.29 is 9.53 Å². The molecular weight excluding hydrogens is 179 g/mol. The summed E-state index contributed by atoms with van der Waals surface area (Å²) in [6.45, 7) is 2.91. The molecule has 0 aliphatic carbocycles. The van der Waals surface area contributed by atoms with Gasteiger partial charge in [0.05, 0.1) is 0 Å². The van der Waals surface area contributed by atoms with Crippen molar-refractivity contribution >= 4 is 14.1 Å². The van der Waals surface area contributed by atoms with Gasteiger partial charge in [0.2, 0.25) is 0 Å². The fraction of sp³-hybridized carbons (Fsp3) is 0.889. The second-order valence-corrected chi connectivity index (χ2v) is 4.53. The molecule has 1 amide bonds. The molecule has 0 aromatic carbocycles. The Bertz CT molecular complexity index is 233. The molecule has 14 heavy (non-hydrogen) atoms. The fourth-order valence-corrected chi connectivity index (χ4v) is 2.16. The highest BCUT2D eigenvalue weighted by atomic mass is 16.6. The van der Waals surface area contributed by atoms with Gasteiger partial charge in [0.15, 0.2) is 7.98 Å². The van der Waals surface area contributed by atoms with E-state index in [-0.39, 0.29) is 11.7 Å². The molecule has 2 fully saturated rings. The molecule has 0 radical (unpaired) electrons. The molecule has 0 N–H and O–H groups in total. The predicted molar refractivity (Wildman–Crippen MR) is 55.8 cm³/mol. The average molecular weight is 196 g/mol. The number of nitrogens with zero attached hydrogens (tertiary/aromatic N) is 2. The van der Waals surface area contributed by atoms with E-state index in [4.69, 9.17) is 4.74 Å². The van der Waals surface area contributed by atoms with Gasteiger partial charge in [0.1, 0.15) is 5.60 Å². The molecule has 4 nitrogen and oxygen atoms in total. The zero-order valence-corrected chi connectivity index (χ0v) is 8.95. The summed E-state index contributed by atoms with van der Waals surface area (Å²) in [7, 11) is 3.91. The molecule has 1 spiro atoms. The Morgan fingerprint density at radius 3 is 2.43 bits per heavy atom. The van der Waals surface area contributed by atoms with Crippen LogP contribution in [-0.4, -0.2) is 56.1 Å². The normalized spacial score (nSPS) is 27.8. The molecule has 2 saturated heterocycles. The lowest BCUT2D eigenvalue weighted by atomic mass is 9.86. The lowest BCUT2D eigenvalue weighted by Crippen LogP contribution is -2.53. The maximum Gasteiger partial charge on any atom is 0.410 e. The van der Waals surface area contributed by atoms with E-state index in [1.54, 1.807) is 11.9 Å². The third-order valence-corrected chi connectivity index (χ3v) is 3.42. The van der Waals surface area contributed by atoms with Gasteiger partial charge in [-0.2, -0.15) is 0 Å². The number of rotatable bonds is 0. The van der Waals surface area contributed by atoms with Gasteiger partial charge in [-0.1, -0.05) is 0 Å². The standard InChI is InChI=1S/C9H17BN2O2/c1-11-5-2-9(14-8(11)13)3-6-12(10)7-4-9/h2-7,10H2,1H3. The molecule has 0 saturated carbocycles. The van der Waals surface area contributed by atoms with Crippen molar-refractivity contribution in [1.82, 2.24) is 9.71 Å². The van der Waals surface area contributed by atoms with Crippen molar-refractivity contribution in [1.29, 1.82) is 0 Å². The Labute approximate surface area is 85.6 Å². The second kappa shape index (κ2) is 3.46. The van der Waals surface area contributed by atoms with E-state index in [0.717, 1.165) is 38.9 Å². The van der Waals surface area contributed by atoms with Gasteiger partial charge in [0.25, 0.3) is 0 Å². The van der Waals surface area contributed by atoms with Gasteiger partial charge in [-0.05, 0) is 25.9 Å². The van der Waals surface area contributed by atoms with Crippen LogP contribution in [0.15, 0.2) is 0 Å². The summed E-state index contributed by atoms with van der Waals surface area (Å²) in [5.41, 5.74) is -0.143. The number of hydrogen-bond donors (Lipinski definition) is 0. The number of ether oxygens (including phenoxy) is 1. The van der Waals surface area contributed by atoms with Gasteiger partial charge in [-0.3, -0.25) is 0 Å². The zero-order chi connectivity index (χ0) is 10.2. The van der Waals surface area contributed by atoms with Crippen molar-refractivity contribution in [3.05, 3.63) is 0 Å². The van der Waals surface area contributed by atoms with Gasteiger partial charge in [0, 0.05) is 20.0 Å². The molecule has 0 unspecified atom stereocenters. The van der Waals surface area contributed by atoms with Crippen LogP contribution < -0.4 is 0 Å². The summed E-state index contributed by atoms with van der Waals surface area (Å²) in [6, 6.07) is 0. The van der Waals surface area contributed by atoms with E-state index in [1.165, 1.54) is 0 Å². The van der Waals surface area contributed by atoms with Gasteiger partial charge < -0.3 is 14.4 Å². The third-order valence-electron chi connectivity index (χ3n) is 3.42. The molecule has 2 aliphatic rings. The molecule has 5 heteroatoms. The Kier molecular flexibility index (Phi) is 2.43. The van der Waals surface area contributed by atoms with Crippen LogP contribution in [0.2, 0.25) is 0 Å². The van der Waals surface area contributed by atoms with Crippen LogP contribution in [0.3, 0.4) is 0 Å². The molecule has 2 rings (SSSR count). The van der Waals surface area contributed by atoms with Crippen molar-refractivity contribution in [3.63, 3.8) is 0 Å². The Morgan fingerprint density at radius 2 is 1.86 bits per heavy atom. The molecule has 0 aromatic rings. The van der Waals surface area contributed by atoms with Crippen LogP contribution in [0, 0.1) is 0 Å². The average Bonchev–Trinajstić information content (AvgIpc) is 2.18.